The Hall–Kier alpha value is -3.24. The Balaban J connectivity index is 1.63. The number of rotatable bonds is 5. The number of carbonyl (C=O) groups is 1. The van der Waals surface area contributed by atoms with E-state index in [9.17, 15) is 10.1 Å². The van der Waals surface area contributed by atoms with Gasteiger partial charge in [0.1, 0.15) is 5.82 Å². The average molecular weight is 562 g/mol. The fourth-order valence-electron chi connectivity index (χ4n) is 5.34. The first kappa shape index (κ1) is 26.4. The third-order valence-corrected chi connectivity index (χ3v) is 8.89. The lowest BCUT2D eigenvalue weighted by atomic mass is 9.74. The van der Waals surface area contributed by atoms with Gasteiger partial charge in [0.15, 0.2) is 5.78 Å². The van der Waals surface area contributed by atoms with Gasteiger partial charge in [0.05, 0.1) is 34.5 Å². The Morgan fingerprint density at radius 1 is 1.18 bits per heavy atom. The largest absolute Gasteiger partial charge is 0.384 e. The maximum absolute atomic E-state index is 13.5. The van der Waals surface area contributed by atoms with E-state index in [-0.39, 0.29) is 5.78 Å². The van der Waals surface area contributed by atoms with Gasteiger partial charge in [0.2, 0.25) is 0 Å². The summed E-state index contributed by atoms with van der Waals surface area (Å²) in [5.41, 5.74) is 13.5. The molecule has 0 saturated heterocycles. The van der Waals surface area contributed by atoms with Crippen molar-refractivity contribution in [3.63, 3.8) is 0 Å². The standard InChI is InChI=1S/C30H26Cl2N4OS/c1-17-11-19(16-38-27-13-20(31)8-9-24(27)32)18(2)22(12-17)28-23(14-33)30(34)36(21-5-4-10-35-15-21)25-6-3-7-26(37)29(25)28/h4-5,8-13,15,28H,3,6-7,16,34H2,1-2H3. The van der Waals surface area contributed by atoms with Crippen LogP contribution in [0.15, 0.2) is 82.4 Å². The zero-order valence-electron chi connectivity index (χ0n) is 21.1. The van der Waals surface area contributed by atoms with E-state index in [4.69, 9.17) is 28.9 Å². The van der Waals surface area contributed by atoms with Crippen molar-refractivity contribution in [3.05, 3.63) is 110 Å². The van der Waals surface area contributed by atoms with E-state index in [2.05, 4.69) is 30.1 Å². The van der Waals surface area contributed by atoms with Crippen LogP contribution in [-0.2, 0) is 10.5 Å². The molecule has 0 fully saturated rings. The minimum atomic E-state index is -0.519. The Kier molecular flexibility index (Phi) is 7.54. The first-order valence-corrected chi connectivity index (χ1v) is 14.1. The van der Waals surface area contributed by atoms with E-state index in [0.29, 0.717) is 45.6 Å². The lowest BCUT2D eigenvalue weighted by Crippen LogP contribution is -2.39. The summed E-state index contributed by atoms with van der Waals surface area (Å²) < 4.78 is 0. The Labute approximate surface area is 237 Å². The summed E-state index contributed by atoms with van der Waals surface area (Å²) in [5.74, 6) is 0.555. The molecular weight excluding hydrogens is 535 g/mol. The van der Waals surface area contributed by atoms with Gasteiger partial charge in [-0.05, 0) is 73.7 Å². The van der Waals surface area contributed by atoms with Crippen LogP contribution >= 0.6 is 35.0 Å². The smallest absolute Gasteiger partial charge is 0.161 e. The average Bonchev–Trinajstić information content (AvgIpc) is 2.90. The van der Waals surface area contributed by atoms with Crippen LogP contribution in [0.1, 0.15) is 47.4 Å². The van der Waals surface area contributed by atoms with Gasteiger partial charge in [-0.1, -0.05) is 40.9 Å². The van der Waals surface area contributed by atoms with Gasteiger partial charge in [0.25, 0.3) is 0 Å². The van der Waals surface area contributed by atoms with Gasteiger partial charge in [-0.15, -0.1) is 11.8 Å². The highest BCUT2D eigenvalue weighted by atomic mass is 35.5. The number of anilines is 1. The molecule has 2 N–H and O–H groups in total. The minimum Gasteiger partial charge on any atom is -0.384 e. The van der Waals surface area contributed by atoms with E-state index < -0.39 is 5.92 Å². The molecule has 2 heterocycles. The number of nitrogens with two attached hydrogens (primary N) is 1. The van der Waals surface area contributed by atoms with E-state index in [1.807, 2.05) is 30.0 Å². The van der Waals surface area contributed by atoms with Crippen LogP contribution in [0.2, 0.25) is 10.0 Å². The molecule has 192 valence electrons. The normalized spacial score (nSPS) is 17.5. The first-order valence-electron chi connectivity index (χ1n) is 12.3. The molecule has 1 unspecified atom stereocenters. The lowest BCUT2D eigenvalue weighted by Gasteiger charge is -2.40. The Bertz CT molecular complexity index is 1540. The van der Waals surface area contributed by atoms with Crippen molar-refractivity contribution in [2.45, 2.75) is 49.7 Å². The molecule has 1 atom stereocenters. The molecule has 38 heavy (non-hydrogen) atoms. The molecule has 2 aliphatic rings. The van der Waals surface area contributed by atoms with Crippen LogP contribution in [0.4, 0.5) is 5.69 Å². The Morgan fingerprint density at radius 3 is 2.74 bits per heavy atom. The molecule has 3 aromatic rings. The maximum Gasteiger partial charge on any atom is 0.161 e. The number of hydrogen-bond donors (Lipinski definition) is 1. The van der Waals surface area contributed by atoms with E-state index in [0.717, 1.165) is 45.0 Å². The highest BCUT2D eigenvalue weighted by Crippen LogP contribution is 2.47. The number of aromatic nitrogens is 1. The summed E-state index contributed by atoms with van der Waals surface area (Å²) in [5, 5.41) is 11.7. The quantitative estimate of drug-likeness (QED) is 0.323. The number of carbonyl (C=O) groups excluding carboxylic acids is 1. The van der Waals surface area contributed by atoms with Crippen molar-refractivity contribution in [2.24, 2.45) is 5.73 Å². The number of benzene rings is 2. The molecule has 0 spiro atoms. The number of allylic oxidation sites excluding steroid dienone is 3. The van der Waals surface area contributed by atoms with Gasteiger partial charge >= 0.3 is 0 Å². The summed E-state index contributed by atoms with van der Waals surface area (Å²) in [6.45, 7) is 4.09. The summed E-state index contributed by atoms with van der Waals surface area (Å²) in [6, 6.07) is 15.7. The predicted octanol–water partition coefficient (Wildman–Crippen LogP) is 7.60. The van der Waals surface area contributed by atoms with Crippen molar-refractivity contribution in [1.82, 2.24) is 4.98 Å². The van der Waals surface area contributed by atoms with Crippen molar-refractivity contribution in [1.29, 1.82) is 5.26 Å². The summed E-state index contributed by atoms with van der Waals surface area (Å²) in [4.78, 5) is 20.5. The summed E-state index contributed by atoms with van der Waals surface area (Å²) in [7, 11) is 0. The number of nitriles is 1. The third-order valence-electron chi connectivity index (χ3n) is 7.10. The molecule has 1 aromatic heterocycles. The van der Waals surface area contributed by atoms with Crippen molar-refractivity contribution < 1.29 is 4.79 Å². The first-order chi connectivity index (χ1) is 18.3. The van der Waals surface area contributed by atoms with Crippen molar-refractivity contribution in [3.8, 4) is 6.07 Å². The van der Waals surface area contributed by atoms with Crippen LogP contribution in [0.25, 0.3) is 0 Å². The zero-order valence-corrected chi connectivity index (χ0v) is 23.4. The van der Waals surface area contributed by atoms with E-state index in [1.54, 1.807) is 36.3 Å². The molecule has 0 radical (unpaired) electrons. The molecular formula is C30H26Cl2N4OS. The predicted molar refractivity (Wildman–Crippen MR) is 154 cm³/mol. The van der Waals surface area contributed by atoms with Crippen LogP contribution in [0, 0.1) is 25.2 Å². The monoisotopic (exact) mass is 560 g/mol. The number of aryl methyl sites for hydroxylation is 1. The highest BCUT2D eigenvalue weighted by molar-refractivity contribution is 7.98. The van der Waals surface area contributed by atoms with Gasteiger partial charge in [-0.3, -0.25) is 14.7 Å². The van der Waals surface area contributed by atoms with Crippen LogP contribution in [0.5, 0.6) is 0 Å². The molecule has 1 aliphatic carbocycles. The molecule has 0 bridgehead atoms. The zero-order chi connectivity index (χ0) is 27.0. The highest BCUT2D eigenvalue weighted by Gasteiger charge is 2.41. The SMILES string of the molecule is Cc1cc(CSc2cc(Cl)ccc2Cl)c(C)c(C2C(C#N)=C(N)N(c3cccnc3)C3=C2C(=O)CCC3)c1. The lowest BCUT2D eigenvalue weighted by molar-refractivity contribution is -0.116. The third kappa shape index (κ3) is 4.82. The molecule has 1 aliphatic heterocycles. The van der Waals surface area contributed by atoms with Crippen LogP contribution in [-0.4, -0.2) is 10.8 Å². The van der Waals surface area contributed by atoms with Crippen LogP contribution < -0.4 is 10.6 Å². The number of halogens is 2. The molecule has 5 rings (SSSR count). The molecule has 0 amide bonds. The summed E-state index contributed by atoms with van der Waals surface area (Å²) >= 11 is 14.2. The van der Waals surface area contributed by atoms with Gasteiger partial charge < -0.3 is 5.73 Å². The van der Waals surface area contributed by atoms with Gasteiger partial charge in [-0.25, -0.2) is 0 Å². The van der Waals surface area contributed by atoms with Crippen LogP contribution in [0.3, 0.4) is 0 Å². The molecule has 0 saturated carbocycles. The van der Waals surface area contributed by atoms with Crippen molar-refractivity contribution >= 4 is 46.4 Å². The number of Topliss-reactive ketones (excluding diaryl/α,β-unsaturated/α-hetero) is 1. The maximum atomic E-state index is 13.5. The Morgan fingerprint density at radius 2 is 2.00 bits per heavy atom. The van der Waals surface area contributed by atoms with E-state index in [1.165, 1.54) is 0 Å². The number of pyridine rings is 1. The molecule has 2 aromatic carbocycles. The number of hydrogen-bond acceptors (Lipinski definition) is 6. The van der Waals surface area contributed by atoms with Gasteiger partial charge in [-0.2, -0.15) is 5.26 Å². The number of nitrogens with zero attached hydrogens (tertiary/aromatic N) is 3. The number of ketones is 1. The molecule has 5 nitrogen and oxygen atoms in total. The van der Waals surface area contributed by atoms with Gasteiger partial charge in [0, 0.05) is 39.6 Å². The second-order valence-electron chi connectivity index (χ2n) is 9.53. The second kappa shape index (κ2) is 10.9. The van der Waals surface area contributed by atoms with Crippen molar-refractivity contribution in [2.75, 3.05) is 4.90 Å². The molecule has 8 heteroatoms. The second-order valence-corrected chi connectivity index (χ2v) is 11.4. The van der Waals surface area contributed by atoms with E-state index >= 15 is 0 Å². The topological polar surface area (TPSA) is 83.0 Å². The fraction of sp³-hybridized carbons (Fsp3) is 0.233. The summed E-state index contributed by atoms with van der Waals surface area (Å²) in [6.07, 6.45) is 5.29. The fourth-order valence-corrected chi connectivity index (χ4v) is 6.88. The number of thioether (sulfide) groups is 1. The minimum absolute atomic E-state index is 0.0629.